The van der Waals surface area contributed by atoms with Gasteiger partial charge in [-0.05, 0) is 24.7 Å². The molecule has 2 fully saturated rings. The van der Waals surface area contributed by atoms with Gasteiger partial charge in [-0.25, -0.2) is 4.98 Å². The first kappa shape index (κ1) is 14.3. The first-order chi connectivity index (χ1) is 10.1. The van der Waals surface area contributed by atoms with Crippen LogP contribution in [0.1, 0.15) is 38.1 Å². The Hall–Kier alpha value is -1.66. The van der Waals surface area contributed by atoms with E-state index in [1.807, 2.05) is 0 Å². The Bertz CT molecular complexity index is 521. The van der Waals surface area contributed by atoms with Gasteiger partial charge in [-0.1, -0.05) is 6.42 Å². The molecule has 3 rings (SSSR count). The second-order valence-corrected chi connectivity index (χ2v) is 5.95. The summed E-state index contributed by atoms with van der Waals surface area (Å²) in [6, 6.07) is 0. The maximum Gasteiger partial charge on any atom is 0.319 e. The molecule has 0 amide bonds. The first-order valence-corrected chi connectivity index (χ1v) is 7.39. The van der Waals surface area contributed by atoms with Gasteiger partial charge in [0.15, 0.2) is 5.96 Å². The fraction of sp³-hybridized carbons (Fsp3) is 0.714. The van der Waals surface area contributed by atoms with Crippen LogP contribution in [0.3, 0.4) is 0 Å². The second-order valence-electron chi connectivity index (χ2n) is 5.95. The lowest BCUT2D eigenvalue weighted by atomic mass is 9.68. The third-order valence-corrected chi connectivity index (χ3v) is 4.73. The minimum atomic E-state index is -2.56. The summed E-state index contributed by atoms with van der Waals surface area (Å²) in [7, 11) is 1.73. The predicted octanol–water partition coefficient (Wildman–Crippen LogP) is 2.23. The van der Waals surface area contributed by atoms with Crippen LogP contribution >= 0.6 is 0 Å². The zero-order valence-corrected chi connectivity index (χ0v) is 12.2. The predicted molar refractivity (Wildman–Crippen MR) is 76.2 cm³/mol. The third-order valence-electron chi connectivity index (χ3n) is 4.73. The van der Waals surface area contributed by atoms with Crippen LogP contribution in [0, 0.1) is 5.41 Å². The van der Waals surface area contributed by atoms with Crippen molar-refractivity contribution in [2.45, 2.75) is 38.8 Å². The normalized spacial score (nSPS) is 21.1. The van der Waals surface area contributed by atoms with Gasteiger partial charge in [-0.2, -0.15) is 8.78 Å². The number of aromatic nitrogens is 2. The molecule has 2 aliphatic rings. The van der Waals surface area contributed by atoms with E-state index in [4.69, 9.17) is 0 Å². The lowest BCUT2D eigenvalue weighted by Crippen LogP contribution is -2.42. The van der Waals surface area contributed by atoms with Crippen LogP contribution in [-0.2, 0) is 6.54 Å². The summed E-state index contributed by atoms with van der Waals surface area (Å²) < 4.78 is 26.4. The maximum absolute atomic E-state index is 12.8. The van der Waals surface area contributed by atoms with Gasteiger partial charge in [0.1, 0.15) is 5.82 Å². The fourth-order valence-electron chi connectivity index (χ4n) is 3.35. The summed E-state index contributed by atoms with van der Waals surface area (Å²) >= 11 is 0. The van der Waals surface area contributed by atoms with E-state index >= 15 is 0 Å². The van der Waals surface area contributed by atoms with Crippen LogP contribution in [0.5, 0.6) is 0 Å². The van der Waals surface area contributed by atoms with Crippen LogP contribution in [0.2, 0.25) is 0 Å². The number of nitrogens with one attached hydrogen (secondary N) is 1. The van der Waals surface area contributed by atoms with Crippen molar-refractivity contribution in [3.05, 3.63) is 18.2 Å². The number of halogens is 2. The number of hydrogen-bond donors (Lipinski definition) is 1. The van der Waals surface area contributed by atoms with Crippen molar-refractivity contribution in [1.82, 2.24) is 19.8 Å². The molecule has 1 saturated heterocycles. The number of hydrogen-bond acceptors (Lipinski definition) is 2. The van der Waals surface area contributed by atoms with E-state index in [1.54, 1.807) is 7.05 Å². The van der Waals surface area contributed by atoms with Gasteiger partial charge in [-0.15, -0.1) is 0 Å². The van der Waals surface area contributed by atoms with Crippen LogP contribution in [0.4, 0.5) is 8.78 Å². The van der Waals surface area contributed by atoms with Gasteiger partial charge in [0.2, 0.25) is 0 Å². The van der Waals surface area contributed by atoms with E-state index in [-0.39, 0.29) is 6.54 Å². The van der Waals surface area contributed by atoms with E-state index in [0.717, 1.165) is 23.6 Å². The smallest absolute Gasteiger partial charge is 0.319 e. The number of nitrogens with zero attached hydrogens (tertiary/aromatic N) is 4. The molecule has 21 heavy (non-hydrogen) atoms. The molecular weight excluding hydrogens is 276 g/mol. The third kappa shape index (κ3) is 2.73. The van der Waals surface area contributed by atoms with Gasteiger partial charge in [0.05, 0.1) is 6.54 Å². The minimum Gasteiger partial charge on any atom is -0.349 e. The first-order valence-electron chi connectivity index (χ1n) is 7.39. The number of likely N-dealkylation sites (tertiary alicyclic amines) is 1. The monoisotopic (exact) mass is 297 g/mol. The molecule has 2 heterocycles. The van der Waals surface area contributed by atoms with Crippen molar-refractivity contribution >= 4 is 5.96 Å². The molecule has 1 aromatic heterocycles. The molecule has 1 spiro atoms. The number of aliphatic imine (C=N–C) groups is 1. The van der Waals surface area contributed by atoms with Crippen LogP contribution in [0.15, 0.2) is 17.4 Å². The molecule has 0 bridgehead atoms. The largest absolute Gasteiger partial charge is 0.349 e. The highest BCUT2D eigenvalue weighted by atomic mass is 19.3. The maximum atomic E-state index is 12.8. The van der Waals surface area contributed by atoms with E-state index in [1.165, 1.54) is 38.1 Å². The van der Waals surface area contributed by atoms with Crippen molar-refractivity contribution in [2.24, 2.45) is 10.4 Å². The molecule has 0 radical (unpaired) electrons. The summed E-state index contributed by atoms with van der Waals surface area (Å²) in [5.41, 5.74) is 0.485. The van der Waals surface area contributed by atoms with Crippen molar-refractivity contribution in [1.29, 1.82) is 0 Å². The molecular formula is C14H21F2N5. The van der Waals surface area contributed by atoms with E-state index in [0.29, 0.717) is 11.2 Å². The lowest BCUT2D eigenvalue weighted by molar-refractivity contribution is 0.0668. The van der Waals surface area contributed by atoms with Crippen molar-refractivity contribution in [3.8, 4) is 0 Å². The molecule has 1 N–H and O–H groups in total. The molecule has 1 aliphatic carbocycles. The average Bonchev–Trinajstić information content (AvgIpc) is 3.05. The Morgan fingerprint density at radius 2 is 2.29 bits per heavy atom. The standard InChI is InChI=1S/C14H21F2N5/c1-17-13(20-7-5-14(10-20)3-2-4-14)19-9-11-18-6-8-21(11)12(15)16/h6,8,12H,2-5,7,9-10H2,1H3,(H,17,19). The van der Waals surface area contributed by atoms with Gasteiger partial charge < -0.3 is 10.2 Å². The molecule has 1 aromatic rings. The zero-order valence-electron chi connectivity index (χ0n) is 12.2. The van der Waals surface area contributed by atoms with E-state index in [2.05, 4.69) is 20.2 Å². The number of guanidine groups is 1. The van der Waals surface area contributed by atoms with Crippen molar-refractivity contribution < 1.29 is 8.78 Å². The highest BCUT2D eigenvalue weighted by molar-refractivity contribution is 5.80. The van der Waals surface area contributed by atoms with Gasteiger partial charge in [0, 0.05) is 32.5 Å². The second kappa shape index (κ2) is 5.61. The van der Waals surface area contributed by atoms with Gasteiger partial charge >= 0.3 is 6.55 Å². The lowest BCUT2D eigenvalue weighted by Gasteiger charge is -2.38. The van der Waals surface area contributed by atoms with E-state index in [9.17, 15) is 8.78 Å². The average molecular weight is 297 g/mol. The molecule has 0 atom stereocenters. The summed E-state index contributed by atoms with van der Waals surface area (Å²) in [6.45, 7) is -0.289. The van der Waals surface area contributed by atoms with Gasteiger partial charge in [-0.3, -0.25) is 9.56 Å². The minimum absolute atomic E-state index is 0.257. The summed E-state index contributed by atoms with van der Waals surface area (Å²) in [4.78, 5) is 10.5. The van der Waals surface area contributed by atoms with Crippen molar-refractivity contribution in [2.75, 3.05) is 20.1 Å². The quantitative estimate of drug-likeness (QED) is 0.687. The number of alkyl halides is 2. The van der Waals surface area contributed by atoms with Crippen LogP contribution in [-0.4, -0.2) is 40.5 Å². The van der Waals surface area contributed by atoms with Crippen LogP contribution < -0.4 is 5.32 Å². The molecule has 1 saturated carbocycles. The number of imidazole rings is 1. The highest BCUT2D eigenvalue weighted by Crippen LogP contribution is 2.47. The SMILES string of the molecule is CN=C(NCc1nccn1C(F)F)N1CCC2(CCC2)C1. The highest BCUT2D eigenvalue weighted by Gasteiger charge is 2.43. The zero-order chi connectivity index (χ0) is 14.9. The topological polar surface area (TPSA) is 45.5 Å². The van der Waals surface area contributed by atoms with E-state index < -0.39 is 6.55 Å². The molecule has 0 unspecified atom stereocenters. The Balaban J connectivity index is 1.59. The fourth-order valence-corrected chi connectivity index (χ4v) is 3.35. The Morgan fingerprint density at radius 1 is 1.48 bits per heavy atom. The Kier molecular flexibility index (Phi) is 3.82. The number of rotatable bonds is 3. The Labute approximate surface area is 123 Å². The summed E-state index contributed by atoms with van der Waals surface area (Å²) in [6.07, 6.45) is 7.83. The molecule has 116 valence electrons. The molecule has 7 heteroatoms. The van der Waals surface area contributed by atoms with Gasteiger partial charge in [0.25, 0.3) is 0 Å². The summed E-state index contributed by atoms with van der Waals surface area (Å²) in [5, 5.41) is 3.15. The van der Waals surface area contributed by atoms with Crippen LogP contribution in [0.25, 0.3) is 0 Å². The summed E-state index contributed by atoms with van der Waals surface area (Å²) in [5.74, 6) is 1.10. The van der Waals surface area contributed by atoms with Crippen molar-refractivity contribution in [3.63, 3.8) is 0 Å². The molecule has 0 aromatic carbocycles. The molecule has 5 nitrogen and oxygen atoms in total. The Morgan fingerprint density at radius 3 is 2.86 bits per heavy atom. The molecule has 1 aliphatic heterocycles.